The van der Waals surface area contributed by atoms with Crippen LogP contribution in [0.15, 0.2) is 60.9 Å². The molecule has 4 heteroatoms. The SMILES string of the molecule is Fc1cc(F)cc(C2=C(c3cccnc3)Cc3cc(OCCC4CCCC4)ccc32)c1. The van der Waals surface area contributed by atoms with Gasteiger partial charge in [-0.2, -0.15) is 0 Å². The number of rotatable bonds is 6. The van der Waals surface area contributed by atoms with Crippen molar-refractivity contribution < 1.29 is 13.5 Å². The molecule has 2 aliphatic carbocycles. The second-order valence-electron chi connectivity index (χ2n) is 8.54. The molecule has 5 rings (SSSR count). The van der Waals surface area contributed by atoms with E-state index in [0.29, 0.717) is 12.0 Å². The van der Waals surface area contributed by atoms with Crippen LogP contribution >= 0.6 is 0 Å². The summed E-state index contributed by atoms with van der Waals surface area (Å²) in [5.74, 6) is 0.499. The number of hydrogen-bond acceptors (Lipinski definition) is 2. The summed E-state index contributed by atoms with van der Waals surface area (Å²) in [5.41, 5.74) is 5.49. The number of nitrogens with zero attached hydrogens (tertiary/aromatic N) is 1. The minimum Gasteiger partial charge on any atom is -0.494 e. The predicted molar refractivity (Wildman–Crippen MR) is 119 cm³/mol. The highest BCUT2D eigenvalue weighted by Gasteiger charge is 2.25. The van der Waals surface area contributed by atoms with Gasteiger partial charge in [-0.15, -0.1) is 0 Å². The van der Waals surface area contributed by atoms with Crippen LogP contribution in [0.2, 0.25) is 0 Å². The lowest BCUT2D eigenvalue weighted by Crippen LogP contribution is -2.04. The van der Waals surface area contributed by atoms with Crippen LogP contribution in [0.3, 0.4) is 0 Å². The molecule has 0 N–H and O–H groups in total. The number of allylic oxidation sites excluding steroid dienone is 1. The minimum absolute atomic E-state index is 0.546. The summed E-state index contributed by atoms with van der Waals surface area (Å²) in [7, 11) is 0. The topological polar surface area (TPSA) is 22.1 Å². The summed E-state index contributed by atoms with van der Waals surface area (Å²) in [6.07, 6.45) is 10.6. The zero-order chi connectivity index (χ0) is 21.2. The first-order valence-corrected chi connectivity index (χ1v) is 11.0. The number of fused-ring (bicyclic) bond motifs is 1. The van der Waals surface area contributed by atoms with Gasteiger partial charge in [0.05, 0.1) is 6.61 Å². The van der Waals surface area contributed by atoms with Crippen LogP contribution < -0.4 is 4.74 Å². The van der Waals surface area contributed by atoms with Crippen molar-refractivity contribution in [3.05, 3.63) is 94.8 Å². The van der Waals surface area contributed by atoms with E-state index in [2.05, 4.69) is 11.1 Å². The van der Waals surface area contributed by atoms with Gasteiger partial charge in [-0.1, -0.05) is 37.8 Å². The standard InChI is InChI=1S/C27H25F2NO/c28-22-12-21(13-23(29)16-22)27-25-8-7-24(31-11-9-18-4-1-2-5-18)14-20(25)15-26(27)19-6-3-10-30-17-19/h3,6-8,10,12-14,16-18H,1-2,4-5,9,11,15H2. The first-order valence-electron chi connectivity index (χ1n) is 11.0. The molecule has 1 heterocycles. The number of halogens is 2. The number of aromatic nitrogens is 1. The molecular formula is C27H25F2NO. The zero-order valence-corrected chi connectivity index (χ0v) is 17.4. The van der Waals surface area contributed by atoms with Gasteiger partial charge in [-0.05, 0) is 82.5 Å². The molecule has 158 valence electrons. The van der Waals surface area contributed by atoms with Crippen molar-refractivity contribution in [1.29, 1.82) is 0 Å². The molecule has 0 saturated heterocycles. The minimum atomic E-state index is -0.576. The molecule has 0 bridgehead atoms. The third-order valence-corrected chi connectivity index (χ3v) is 6.45. The lowest BCUT2D eigenvalue weighted by molar-refractivity contribution is 0.279. The summed E-state index contributed by atoms with van der Waals surface area (Å²) < 4.78 is 34.1. The molecule has 0 aliphatic heterocycles. The number of hydrogen-bond donors (Lipinski definition) is 0. The highest BCUT2D eigenvalue weighted by atomic mass is 19.1. The molecule has 2 aromatic carbocycles. The molecule has 3 aromatic rings. The van der Waals surface area contributed by atoms with Crippen molar-refractivity contribution in [1.82, 2.24) is 4.98 Å². The van der Waals surface area contributed by atoms with E-state index in [1.54, 1.807) is 12.4 Å². The van der Waals surface area contributed by atoms with E-state index in [9.17, 15) is 8.78 Å². The first-order chi connectivity index (χ1) is 15.2. The highest BCUT2D eigenvalue weighted by molar-refractivity contribution is 6.03. The second kappa shape index (κ2) is 8.62. The average Bonchev–Trinajstić information content (AvgIpc) is 3.41. The van der Waals surface area contributed by atoms with E-state index in [0.717, 1.165) is 58.6 Å². The monoisotopic (exact) mass is 417 g/mol. The van der Waals surface area contributed by atoms with Crippen LogP contribution in [-0.2, 0) is 6.42 Å². The van der Waals surface area contributed by atoms with Gasteiger partial charge in [-0.25, -0.2) is 8.78 Å². The Morgan fingerprint density at radius 2 is 1.74 bits per heavy atom. The van der Waals surface area contributed by atoms with Gasteiger partial charge in [0.15, 0.2) is 0 Å². The average molecular weight is 417 g/mol. The van der Waals surface area contributed by atoms with Crippen LogP contribution in [0.4, 0.5) is 8.78 Å². The molecule has 2 aliphatic rings. The van der Waals surface area contributed by atoms with Crippen LogP contribution in [-0.4, -0.2) is 11.6 Å². The van der Waals surface area contributed by atoms with E-state index in [1.165, 1.54) is 37.8 Å². The third-order valence-electron chi connectivity index (χ3n) is 6.45. The van der Waals surface area contributed by atoms with Gasteiger partial charge in [0, 0.05) is 18.5 Å². The fourth-order valence-electron chi connectivity index (χ4n) is 4.95. The Bertz CT molecular complexity index is 1100. The Kier molecular flexibility index (Phi) is 5.54. The molecule has 1 fully saturated rings. The molecule has 0 radical (unpaired) electrons. The molecule has 0 spiro atoms. The third kappa shape index (κ3) is 4.25. The molecule has 0 atom stereocenters. The van der Waals surface area contributed by atoms with E-state index in [4.69, 9.17) is 4.74 Å². The summed E-state index contributed by atoms with van der Waals surface area (Å²) in [5, 5.41) is 0. The maximum Gasteiger partial charge on any atom is 0.126 e. The van der Waals surface area contributed by atoms with E-state index in [1.807, 2.05) is 24.3 Å². The summed E-state index contributed by atoms with van der Waals surface area (Å²) in [4.78, 5) is 4.24. The largest absolute Gasteiger partial charge is 0.494 e. The van der Waals surface area contributed by atoms with Crippen molar-refractivity contribution in [3.8, 4) is 5.75 Å². The van der Waals surface area contributed by atoms with Crippen molar-refractivity contribution in [2.75, 3.05) is 6.61 Å². The van der Waals surface area contributed by atoms with Crippen molar-refractivity contribution in [2.45, 2.75) is 38.5 Å². The number of pyridine rings is 1. The quantitative estimate of drug-likeness (QED) is 0.438. The van der Waals surface area contributed by atoms with Crippen LogP contribution in [0.1, 0.15) is 54.4 Å². The Morgan fingerprint density at radius 1 is 0.935 bits per heavy atom. The lowest BCUT2D eigenvalue weighted by Gasteiger charge is -2.12. The fourth-order valence-corrected chi connectivity index (χ4v) is 4.95. The van der Waals surface area contributed by atoms with Crippen molar-refractivity contribution >= 4 is 11.1 Å². The van der Waals surface area contributed by atoms with Crippen LogP contribution in [0, 0.1) is 17.6 Å². The van der Waals surface area contributed by atoms with Gasteiger partial charge < -0.3 is 4.74 Å². The van der Waals surface area contributed by atoms with Gasteiger partial charge in [0.25, 0.3) is 0 Å². The Labute approximate surface area is 181 Å². The fraction of sp³-hybridized carbons (Fsp3) is 0.296. The predicted octanol–water partition coefficient (Wildman–Crippen LogP) is 6.83. The smallest absolute Gasteiger partial charge is 0.126 e. The second-order valence-corrected chi connectivity index (χ2v) is 8.54. The molecular weight excluding hydrogens is 392 g/mol. The van der Waals surface area contributed by atoms with Gasteiger partial charge in [0.1, 0.15) is 17.4 Å². The van der Waals surface area contributed by atoms with Crippen molar-refractivity contribution in [2.24, 2.45) is 5.92 Å². The summed E-state index contributed by atoms with van der Waals surface area (Å²) in [6, 6.07) is 13.6. The lowest BCUT2D eigenvalue weighted by atomic mass is 9.95. The molecule has 2 nitrogen and oxygen atoms in total. The molecule has 31 heavy (non-hydrogen) atoms. The van der Waals surface area contributed by atoms with Crippen LogP contribution in [0.5, 0.6) is 5.75 Å². The number of benzene rings is 2. The molecule has 0 unspecified atom stereocenters. The normalized spacial score (nSPS) is 16.1. The summed E-state index contributed by atoms with van der Waals surface area (Å²) >= 11 is 0. The van der Waals surface area contributed by atoms with Gasteiger partial charge in [-0.3, -0.25) is 4.98 Å². The van der Waals surface area contributed by atoms with Crippen LogP contribution in [0.25, 0.3) is 11.1 Å². The van der Waals surface area contributed by atoms with E-state index in [-0.39, 0.29) is 0 Å². The van der Waals surface area contributed by atoms with E-state index < -0.39 is 11.6 Å². The Morgan fingerprint density at radius 3 is 2.48 bits per heavy atom. The van der Waals surface area contributed by atoms with Gasteiger partial charge >= 0.3 is 0 Å². The Balaban J connectivity index is 1.46. The first kappa shape index (κ1) is 19.9. The molecule has 1 aromatic heterocycles. The van der Waals surface area contributed by atoms with Crippen molar-refractivity contribution in [3.63, 3.8) is 0 Å². The Hall–Kier alpha value is -3.01. The van der Waals surface area contributed by atoms with Gasteiger partial charge in [0.2, 0.25) is 0 Å². The maximum atomic E-state index is 14.0. The molecule has 0 amide bonds. The highest BCUT2D eigenvalue weighted by Crippen LogP contribution is 2.43. The molecule has 1 saturated carbocycles. The zero-order valence-electron chi connectivity index (χ0n) is 17.4. The van der Waals surface area contributed by atoms with E-state index >= 15 is 0 Å². The maximum absolute atomic E-state index is 14.0. The number of ether oxygens (including phenoxy) is 1. The summed E-state index contributed by atoms with van der Waals surface area (Å²) in [6.45, 7) is 0.730.